The molecule has 3 rings (SSSR count). The number of hydrogen-bond acceptors (Lipinski definition) is 3. The fraction of sp³-hybridized carbons (Fsp3) is 0.600. The van der Waals surface area contributed by atoms with Crippen molar-refractivity contribution in [2.75, 3.05) is 0 Å². The van der Waals surface area contributed by atoms with Crippen LogP contribution < -0.4 is 10.6 Å². The minimum Gasteiger partial charge on any atom is -0.349 e. The average Bonchev–Trinajstić information content (AvgIpc) is 3.14. The number of nitrogens with one attached hydrogen (secondary N) is 2. The lowest BCUT2D eigenvalue weighted by atomic mass is 9.94. The molecule has 2 amide bonds. The van der Waals surface area contributed by atoms with Crippen molar-refractivity contribution in [1.29, 1.82) is 0 Å². The summed E-state index contributed by atoms with van der Waals surface area (Å²) in [6.07, 6.45) is 12.9. The van der Waals surface area contributed by atoms with Crippen LogP contribution in [-0.2, 0) is 9.59 Å². The van der Waals surface area contributed by atoms with Gasteiger partial charge in [-0.2, -0.15) is 11.3 Å². The van der Waals surface area contributed by atoms with Gasteiger partial charge in [-0.05, 0) is 54.1 Å². The minimum absolute atomic E-state index is 0.203. The van der Waals surface area contributed by atoms with Gasteiger partial charge in [0.15, 0.2) is 0 Å². The number of hydrogen-bond donors (Lipinski definition) is 2. The van der Waals surface area contributed by atoms with Crippen molar-refractivity contribution in [2.24, 2.45) is 0 Å². The lowest BCUT2D eigenvalue weighted by molar-refractivity contribution is -0.124. The van der Waals surface area contributed by atoms with Gasteiger partial charge in [-0.3, -0.25) is 9.59 Å². The SMILES string of the molecule is O=C(NC1CCCCC1)C(=Cc1ccsc1)C(=O)NC1CCCCC1. The summed E-state index contributed by atoms with van der Waals surface area (Å²) in [5.41, 5.74) is 1.16. The minimum atomic E-state index is -0.230. The van der Waals surface area contributed by atoms with Crippen LogP contribution in [0.1, 0.15) is 69.8 Å². The van der Waals surface area contributed by atoms with Gasteiger partial charge in [0.25, 0.3) is 11.8 Å². The van der Waals surface area contributed by atoms with Crippen molar-refractivity contribution in [1.82, 2.24) is 10.6 Å². The van der Waals surface area contributed by atoms with Gasteiger partial charge in [-0.15, -0.1) is 0 Å². The van der Waals surface area contributed by atoms with Crippen molar-refractivity contribution in [3.63, 3.8) is 0 Å². The molecule has 1 heterocycles. The summed E-state index contributed by atoms with van der Waals surface area (Å²) in [5.74, 6) is -0.460. The highest BCUT2D eigenvalue weighted by molar-refractivity contribution is 7.08. The van der Waals surface area contributed by atoms with Crippen molar-refractivity contribution in [3.8, 4) is 0 Å². The van der Waals surface area contributed by atoms with Gasteiger partial charge in [-0.1, -0.05) is 38.5 Å². The molecule has 1 aromatic heterocycles. The second kappa shape index (κ2) is 9.18. The van der Waals surface area contributed by atoms with Crippen molar-refractivity contribution >= 4 is 29.2 Å². The standard InChI is InChI=1S/C20H28N2O2S/c23-19(21-16-7-3-1-4-8-16)18(13-15-11-12-25-14-15)20(24)22-17-9-5-2-6-10-17/h11-14,16-17H,1-10H2,(H,21,23)(H,22,24). The van der Waals surface area contributed by atoms with E-state index in [0.717, 1.165) is 56.9 Å². The summed E-state index contributed by atoms with van der Waals surface area (Å²) in [6, 6.07) is 2.34. The first kappa shape index (κ1) is 18.2. The average molecular weight is 361 g/mol. The fourth-order valence-electron chi connectivity index (χ4n) is 3.78. The largest absolute Gasteiger partial charge is 0.349 e. The molecule has 5 heteroatoms. The van der Waals surface area contributed by atoms with Crippen LogP contribution in [0, 0.1) is 0 Å². The lowest BCUT2D eigenvalue weighted by Crippen LogP contribution is -2.43. The molecular weight excluding hydrogens is 332 g/mol. The topological polar surface area (TPSA) is 58.2 Å². The van der Waals surface area contributed by atoms with Gasteiger partial charge < -0.3 is 10.6 Å². The molecule has 2 aliphatic rings. The van der Waals surface area contributed by atoms with Crippen LogP contribution in [-0.4, -0.2) is 23.9 Å². The summed E-state index contributed by atoms with van der Waals surface area (Å²) in [5, 5.41) is 10.1. The summed E-state index contributed by atoms with van der Waals surface area (Å²) >= 11 is 1.57. The van der Waals surface area contributed by atoms with Crippen LogP contribution in [0.4, 0.5) is 0 Å². The van der Waals surface area contributed by atoms with Gasteiger partial charge in [0, 0.05) is 12.1 Å². The first-order chi connectivity index (χ1) is 12.2. The van der Waals surface area contributed by atoms with Crippen molar-refractivity contribution in [3.05, 3.63) is 28.0 Å². The molecule has 0 aliphatic heterocycles. The number of rotatable bonds is 5. The molecule has 2 saturated carbocycles. The quantitative estimate of drug-likeness (QED) is 0.473. The molecule has 0 unspecified atom stereocenters. The molecule has 0 saturated heterocycles. The van der Waals surface area contributed by atoms with Crippen LogP contribution in [0.2, 0.25) is 0 Å². The molecule has 4 nitrogen and oxygen atoms in total. The molecule has 0 atom stereocenters. The van der Waals surface area contributed by atoms with Crippen LogP contribution >= 0.6 is 11.3 Å². The summed E-state index contributed by atoms with van der Waals surface area (Å²) < 4.78 is 0. The van der Waals surface area contributed by atoms with Crippen molar-refractivity contribution < 1.29 is 9.59 Å². The number of amides is 2. The lowest BCUT2D eigenvalue weighted by Gasteiger charge is -2.25. The van der Waals surface area contributed by atoms with E-state index in [9.17, 15) is 9.59 Å². The van der Waals surface area contributed by atoms with E-state index in [1.807, 2.05) is 16.8 Å². The molecule has 0 aromatic carbocycles. The molecule has 2 fully saturated rings. The predicted molar refractivity (Wildman–Crippen MR) is 102 cm³/mol. The Bertz CT molecular complexity index is 563. The first-order valence-electron chi connectivity index (χ1n) is 9.58. The predicted octanol–water partition coefficient (Wildman–Crippen LogP) is 4.03. The smallest absolute Gasteiger partial charge is 0.257 e. The Labute approximate surface area is 154 Å². The van der Waals surface area contributed by atoms with E-state index >= 15 is 0 Å². The zero-order chi connectivity index (χ0) is 17.5. The van der Waals surface area contributed by atoms with Crippen LogP contribution in [0.3, 0.4) is 0 Å². The summed E-state index contributed by atoms with van der Waals surface area (Å²) in [7, 11) is 0. The molecule has 0 bridgehead atoms. The second-order valence-electron chi connectivity index (χ2n) is 7.23. The fourth-order valence-corrected chi connectivity index (χ4v) is 4.40. The molecule has 25 heavy (non-hydrogen) atoms. The van der Waals surface area contributed by atoms with Crippen molar-refractivity contribution in [2.45, 2.75) is 76.3 Å². The third kappa shape index (κ3) is 5.43. The maximum Gasteiger partial charge on any atom is 0.257 e. The molecular formula is C20H28N2O2S. The maximum atomic E-state index is 12.8. The van der Waals surface area contributed by atoms with Gasteiger partial charge >= 0.3 is 0 Å². The zero-order valence-electron chi connectivity index (χ0n) is 14.8. The Morgan fingerprint density at radius 1 is 0.880 bits per heavy atom. The number of thiophene rings is 1. The van der Waals surface area contributed by atoms with E-state index in [-0.39, 0.29) is 29.5 Å². The monoisotopic (exact) mass is 360 g/mol. The van der Waals surface area contributed by atoms with E-state index in [0.29, 0.717) is 0 Å². The Kier molecular flexibility index (Phi) is 6.68. The first-order valence-corrected chi connectivity index (χ1v) is 10.5. The number of carbonyl (C=O) groups is 2. The molecule has 0 spiro atoms. The highest BCUT2D eigenvalue weighted by atomic mass is 32.1. The Morgan fingerprint density at radius 2 is 1.40 bits per heavy atom. The summed E-state index contributed by atoms with van der Waals surface area (Å²) in [6.45, 7) is 0. The van der Waals surface area contributed by atoms with Gasteiger partial charge in [0.2, 0.25) is 0 Å². The van der Waals surface area contributed by atoms with Crippen LogP contribution in [0.5, 0.6) is 0 Å². The third-order valence-corrected chi connectivity index (χ3v) is 5.93. The zero-order valence-corrected chi connectivity index (χ0v) is 15.6. The van der Waals surface area contributed by atoms with E-state index in [1.165, 1.54) is 12.8 Å². The maximum absolute atomic E-state index is 12.8. The van der Waals surface area contributed by atoms with Crippen LogP contribution in [0.25, 0.3) is 6.08 Å². The molecule has 2 aliphatic carbocycles. The van der Waals surface area contributed by atoms with Crippen LogP contribution in [0.15, 0.2) is 22.4 Å². The number of carbonyl (C=O) groups excluding carboxylic acids is 2. The van der Waals surface area contributed by atoms with Gasteiger partial charge in [-0.25, -0.2) is 0 Å². The van der Waals surface area contributed by atoms with E-state index in [2.05, 4.69) is 10.6 Å². The van der Waals surface area contributed by atoms with E-state index < -0.39 is 0 Å². The van der Waals surface area contributed by atoms with Gasteiger partial charge in [0.1, 0.15) is 5.57 Å². The highest BCUT2D eigenvalue weighted by Crippen LogP contribution is 2.20. The van der Waals surface area contributed by atoms with E-state index in [4.69, 9.17) is 0 Å². The normalized spacial score (nSPS) is 19.2. The Morgan fingerprint density at radius 3 is 1.84 bits per heavy atom. The molecule has 2 N–H and O–H groups in total. The highest BCUT2D eigenvalue weighted by Gasteiger charge is 2.25. The summed E-state index contributed by atoms with van der Waals surface area (Å²) in [4.78, 5) is 25.6. The van der Waals surface area contributed by atoms with Gasteiger partial charge in [0.05, 0.1) is 0 Å². The Balaban J connectivity index is 1.69. The van der Waals surface area contributed by atoms with E-state index in [1.54, 1.807) is 17.4 Å². The second-order valence-corrected chi connectivity index (χ2v) is 8.01. The molecule has 0 radical (unpaired) electrons. The molecule has 136 valence electrons. The third-order valence-electron chi connectivity index (χ3n) is 5.22. The molecule has 1 aromatic rings. The Hall–Kier alpha value is -1.62.